The first-order valence-corrected chi connectivity index (χ1v) is 5.95. The third-order valence-corrected chi connectivity index (χ3v) is 2.93. The number of fused-ring (bicyclic) bond motifs is 1. The van der Waals surface area contributed by atoms with E-state index < -0.39 is 11.7 Å². The molecule has 0 fully saturated rings. The summed E-state index contributed by atoms with van der Waals surface area (Å²) in [5, 5.41) is 11.8. The highest BCUT2D eigenvalue weighted by molar-refractivity contribution is 5.94. The van der Waals surface area contributed by atoms with Crippen molar-refractivity contribution in [2.45, 2.75) is 6.54 Å². The van der Waals surface area contributed by atoms with Crippen molar-refractivity contribution in [2.75, 3.05) is 0 Å². The van der Waals surface area contributed by atoms with E-state index in [1.165, 1.54) is 21.2 Å². The minimum atomic E-state index is -0.704. The number of rotatable bonds is 3. The van der Waals surface area contributed by atoms with Gasteiger partial charge < -0.3 is 14.1 Å². The van der Waals surface area contributed by atoms with Crippen molar-refractivity contribution < 1.29 is 18.7 Å². The molecule has 0 saturated heterocycles. The lowest BCUT2D eigenvalue weighted by Gasteiger charge is -2.01. The summed E-state index contributed by atoms with van der Waals surface area (Å²) in [4.78, 5) is 23.8. The Balaban J connectivity index is 2.03. The zero-order valence-electron chi connectivity index (χ0n) is 10.4. The molecule has 3 rings (SSSR count). The first-order chi connectivity index (χ1) is 9.66. The number of aromatic nitrogens is 2. The Morgan fingerprint density at radius 1 is 1.25 bits per heavy atom. The number of Topliss-reactive ketones (excluding diaryl/α,β-unsaturated/α-hetero) is 1. The number of hydrogen-bond donors (Lipinski definition) is 0. The minimum Gasteiger partial charge on any atom is -0.540 e. The molecule has 0 spiro atoms. The van der Waals surface area contributed by atoms with Crippen molar-refractivity contribution in [2.24, 2.45) is 0 Å². The summed E-state index contributed by atoms with van der Waals surface area (Å²) in [7, 11) is 0. The van der Waals surface area contributed by atoms with Gasteiger partial charge in [0, 0.05) is 24.4 Å². The van der Waals surface area contributed by atoms with Crippen LogP contribution in [0.1, 0.15) is 10.5 Å². The first kappa shape index (κ1) is 12.2. The summed E-state index contributed by atoms with van der Waals surface area (Å²) >= 11 is 0. The maximum Gasteiger partial charge on any atom is 0.279 e. The van der Waals surface area contributed by atoms with E-state index in [4.69, 9.17) is 4.42 Å². The number of ketones is 1. The lowest BCUT2D eigenvalue weighted by Crippen LogP contribution is -2.31. The topological polar surface area (TPSA) is 79.4 Å². The lowest BCUT2D eigenvalue weighted by molar-refractivity contribution is -0.518. The average Bonchev–Trinajstić information content (AvgIpc) is 2.77. The van der Waals surface area contributed by atoms with Crippen LogP contribution in [0, 0.1) is 0 Å². The predicted octanol–water partition coefficient (Wildman–Crippen LogP) is 0.136. The van der Waals surface area contributed by atoms with Crippen LogP contribution in [0.3, 0.4) is 0 Å². The third-order valence-electron chi connectivity index (χ3n) is 2.93. The molecular formula is C14H10N2O4. The fourth-order valence-corrected chi connectivity index (χ4v) is 2.01. The van der Waals surface area contributed by atoms with Crippen LogP contribution in [0.15, 0.2) is 58.0 Å². The van der Waals surface area contributed by atoms with Crippen LogP contribution in [0.5, 0.6) is 5.95 Å². The molecule has 3 aromatic rings. The summed E-state index contributed by atoms with van der Waals surface area (Å²) in [6.07, 6.45) is 3.07. The predicted molar refractivity (Wildman–Crippen MR) is 66.3 cm³/mol. The van der Waals surface area contributed by atoms with E-state index in [1.807, 2.05) is 0 Å². The quantitative estimate of drug-likeness (QED) is 0.501. The van der Waals surface area contributed by atoms with Gasteiger partial charge in [0.25, 0.3) is 17.0 Å². The smallest absolute Gasteiger partial charge is 0.279 e. The Bertz CT molecular complexity index is 848. The maximum atomic E-state index is 12.2. The highest BCUT2D eigenvalue weighted by Crippen LogP contribution is 2.14. The van der Waals surface area contributed by atoms with Crippen LogP contribution in [0.25, 0.3) is 5.71 Å². The summed E-state index contributed by atoms with van der Waals surface area (Å²) in [6.45, 7) is -0.203. The van der Waals surface area contributed by atoms with Crippen LogP contribution in [0.4, 0.5) is 0 Å². The van der Waals surface area contributed by atoms with Crippen LogP contribution in [-0.4, -0.2) is 10.4 Å². The van der Waals surface area contributed by atoms with Crippen molar-refractivity contribution in [3.8, 4) is 5.95 Å². The summed E-state index contributed by atoms with van der Waals surface area (Å²) in [6, 6.07) is 9.57. The second-order valence-corrected chi connectivity index (χ2v) is 4.24. The minimum absolute atomic E-state index is 0.0867. The van der Waals surface area contributed by atoms with Gasteiger partial charge >= 0.3 is 0 Å². The van der Waals surface area contributed by atoms with Gasteiger partial charge in [-0.1, -0.05) is 6.07 Å². The molecule has 100 valence electrons. The monoisotopic (exact) mass is 270 g/mol. The number of oxazole rings is 1. The molecule has 0 unspecified atom stereocenters. The zero-order chi connectivity index (χ0) is 14.1. The van der Waals surface area contributed by atoms with Crippen molar-refractivity contribution in [1.82, 2.24) is 4.57 Å². The Labute approximate surface area is 113 Å². The fourth-order valence-electron chi connectivity index (χ4n) is 2.01. The lowest BCUT2D eigenvalue weighted by atomic mass is 10.3. The normalized spacial score (nSPS) is 10.8. The number of nitrogens with zero attached hydrogens (tertiary/aromatic N) is 2. The van der Waals surface area contributed by atoms with Crippen molar-refractivity contribution in [3.05, 3.63) is 64.8 Å². The molecule has 0 aliphatic rings. The molecule has 0 radical (unpaired) electrons. The molecule has 0 aromatic carbocycles. The molecule has 6 heteroatoms. The number of carbonyl (C=O) groups excluding carboxylic acids is 1. The highest BCUT2D eigenvalue weighted by atomic mass is 16.5. The fraction of sp³-hybridized carbons (Fsp3) is 0.0714. The van der Waals surface area contributed by atoms with Gasteiger partial charge in [0.15, 0.2) is 6.20 Å². The zero-order valence-corrected chi connectivity index (χ0v) is 10.4. The second-order valence-electron chi connectivity index (χ2n) is 4.24. The molecule has 0 N–H and O–H groups in total. The molecule has 0 aliphatic heterocycles. The Morgan fingerprint density at radius 2 is 2.05 bits per heavy atom. The van der Waals surface area contributed by atoms with Crippen molar-refractivity contribution in [1.29, 1.82) is 0 Å². The largest absolute Gasteiger partial charge is 0.540 e. The molecule has 0 aliphatic carbocycles. The van der Waals surface area contributed by atoms with Crippen LogP contribution >= 0.6 is 0 Å². The number of carbonyl (C=O) groups is 1. The van der Waals surface area contributed by atoms with E-state index in [2.05, 4.69) is 0 Å². The van der Waals surface area contributed by atoms with Gasteiger partial charge in [-0.05, 0) is 12.1 Å². The Kier molecular flexibility index (Phi) is 2.83. The van der Waals surface area contributed by atoms with Crippen LogP contribution in [-0.2, 0) is 6.54 Å². The molecular weight excluding hydrogens is 260 g/mol. The molecule has 6 nitrogen and oxygen atoms in total. The molecule has 0 amide bonds. The molecule has 20 heavy (non-hydrogen) atoms. The van der Waals surface area contributed by atoms with E-state index in [0.717, 1.165) is 0 Å². The second kappa shape index (κ2) is 4.65. The van der Waals surface area contributed by atoms with Gasteiger partial charge in [0.1, 0.15) is 5.95 Å². The van der Waals surface area contributed by atoms with E-state index in [1.54, 1.807) is 36.5 Å². The van der Waals surface area contributed by atoms with Crippen LogP contribution < -0.4 is 15.1 Å². The van der Waals surface area contributed by atoms with E-state index in [9.17, 15) is 14.7 Å². The maximum absolute atomic E-state index is 12.2. The number of hydrogen-bond acceptors (Lipinski definition) is 4. The molecule has 0 saturated carbocycles. The Morgan fingerprint density at radius 3 is 2.85 bits per heavy atom. The van der Waals surface area contributed by atoms with Crippen LogP contribution in [0.2, 0.25) is 0 Å². The van der Waals surface area contributed by atoms with Gasteiger partial charge in [-0.3, -0.25) is 9.59 Å². The molecule has 0 atom stereocenters. The third kappa shape index (κ3) is 1.97. The Hall–Kier alpha value is -2.89. The highest BCUT2D eigenvalue weighted by Gasteiger charge is 2.23. The van der Waals surface area contributed by atoms with E-state index in [0.29, 0.717) is 5.71 Å². The molecule has 0 bridgehead atoms. The molecule has 3 heterocycles. The molecule has 3 aromatic heterocycles. The van der Waals surface area contributed by atoms with E-state index in [-0.39, 0.29) is 17.8 Å². The van der Waals surface area contributed by atoms with Crippen molar-refractivity contribution in [3.63, 3.8) is 0 Å². The summed E-state index contributed by atoms with van der Waals surface area (Å²) < 4.78 is 7.62. The number of pyridine rings is 2. The first-order valence-electron chi connectivity index (χ1n) is 5.95. The van der Waals surface area contributed by atoms with Crippen molar-refractivity contribution >= 4 is 11.5 Å². The van der Waals surface area contributed by atoms with Gasteiger partial charge in [-0.2, -0.15) is 0 Å². The van der Waals surface area contributed by atoms with Gasteiger partial charge in [0.2, 0.25) is 5.78 Å². The SMILES string of the molecule is O=C(Cn1ccccc1=O)c1c([O-])oc2cccc[n+]12. The summed E-state index contributed by atoms with van der Waals surface area (Å²) in [5.74, 6) is -1.18. The van der Waals surface area contributed by atoms with Gasteiger partial charge in [-0.15, -0.1) is 4.40 Å². The van der Waals surface area contributed by atoms with Gasteiger partial charge in [-0.25, -0.2) is 0 Å². The van der Waals surface area contributed by atoms with Gasteiger partial charge in [0.05, 0.1) is 6.54 Å². The average molecular weight is 270 g/mol. The standard InChI is InChI=1S/C14H10N2O4/c17-10(9-15-7-3-1-5-11(15)18)13-14(19)20-12-6-2-4-8-16(12)13/h1-8H,9H2. The summed E-state index contributed by atoms with van der Waals surface area (Å²) in [5.41, 5.74) is -0.0938. The van der Waals surface area contributed by atoms with E-state index >= 15 is 0 Å².